The molecule has 0 spiro atoms. The van der Waals surface area contributed by atoms with Crippen molar-refractivity contribution in [3.8, 4) is 0 Å². The Balaban J connectivity index is 2.84. The molecule has 76 valence electrons. The molecule has 0 radical (unpaired) electrons. The highest BCUT2D eigenvalue weighted by molar-refractivity contribution is 9.09. The van der Waals surface area contributed by atoms with E-state index in [1.807, 2.05) is 31.2 Å². The fraction of sp³-hybridized carbons (Fsp3) is 0.364. The maximum absolute atomic E-state index is 11.4. The Kier molecular flexibility index (Phi) is 4.14. The number of carbonyl (C=O) groups excluding carboxylic acids is 1. The smallest absolute Gasteiger partial charge is 0.324 e. The Morgan fingerprint density at radius 3 is 2.71 bits per heavy atom. The molecule has 0 aromatic heterocycles. The van der Waals surface area contributed by atoms with Crippen LogP contribution in [0.5, 0.6) is 0 Å². The number of halogens is 1. The molecule has 14 heavy (non-hydrogen) atoms. The van der Waals surface area contributed by atoms with Crippen LogP contribution in [0.1, 0.15) is 22.9 Å². The second-order valence-electron chi connectivity index (χ2n) is 2.97. The Labute approximate surface area is 92.4 Å². The van der Waals surface area contributed by atoms with Crippen molar-refractivity contribution in [1.29, 1.82) is 0 Å². The largest absolute Gasteiger partial charge is 0.465 e. The Bertz CT molecular complexity index is 323. The summed E-state index contributed by atoms with van der Waals surface area (Å²) in [6, 6.07) is 7.76. The molecule has 1 aromatic carbocycles. The van der Waals surface area contributed by atoms with Crippen LogP contribution < -0.4 is 0 Å². The van der Waals surface area contributed by atoms with E-state index in [9.17, 15) is 4.79 Å². The van der Waals surface area contributed by atoms with Crippen molar-refractivity contribution in [2.45, 2.75) is 18.7 Å². The predicted octanol–water partition coefficient (Wildman–Crippen LogP) is 2.99. The lowest BCUT2D eigenvalue weighted by Gasteiger charge is -2.11. The first-order valence-corrected chi connectivity index (χ1v) is 5.44. The van der Waals surface area contributed by atoms with E-state index in [1.165, 1.54) is 0 Å². The average molecular weight is 257 g/mol. The van der Waals surface area contributed by atoms with Gasteiger partial charge in [0.05, 0.1) is 6.61 Å². The minimum atomic E-state index is -0.358. The van der Waals surface area contributed by atoms with E-state index in [-0.39, 0.29) is 10.8 Å². The molecule has 0 saturated carbocycles. The van der Waals surface area contributed by atoms with Gasteiger partial charge in [-0.15, -0.1) is 0 Å². The number of benzene rings is 1. The summed E-state index contributed by atoms with van der Waals surface area (Å²) in [5.41, 5.74) is 2.05. The molecule has 1 aromatic rings. The van der Waals surface area contributed by atoms with Crippen LogP contribution in [0.15, 0.2) is 24.3 Å². The van der Waals surface area contributed by atoms with Crippen LogP contribution in [-0.4, -0.2) is 12.6 Å². The summed E-state index contributed by atoms with van der Waals surface area (Å²) >= 11 is 3.33. The van der Waals surface area contributed by atoms with Gasteiger partial charge in [0.2, 0.25) is 0 Å². The number of alkyl halides is 1. The molecule has 1 rings (SSSR count). The van der Waals surface area contributed by atoms with Gasteiger partial charge >= 0.3 is 5.97 Å². The lowest BCUT2D eigenvalue weighted by molar-refractivity contribution is -0.142. The number of hydrogen-bond acceptors (Lipinski definition) is 2. The molecule has 2 nitrogen and oxygen atoms in total. The van der Waals surface area contributed by atoms with E-state index < -0.39 is 0 Å². The summed E-state index contributed by atoms with van der Waals surface area (Å²) in [6.45, 7) is 4.19. The van der Waals surface area contributed by atoms with Gasteiger partial charge in [-0.25, -0.2) is 0 Å². The van der Waals surface area contributed by atoms with E-state index in [0.717, 1.165) is 11.1 Å². The minimum absolute atomic E-state index is 0.234. The molecule has 0 aliphatic carbocycles. The number of esters is 1. The standard InChI is InChI=1S/C11H13BrO2/c1-3-14-11(13)10(12)9-7-5-4-6-8(9)2/h4-7,10H,3H2,1-2H3/t10-/m1/s1. The molecule has 0 heterocycles. The molecule has 0 saturated heterocycles. The summed E-state index contributed by atoms with van der Waals surface area (Å²) < 4.78 is 4.93. The van der Waals surface area contributed by atoms with Gasteiger partial charge in [-0.05, 0) is 25.0 Å². The van der Waals surface area contributed by atoms with E-state index in [1.54, 1.807) is 6.92 Å². The quantitative estimate of drug-likeness (QED) is 0.614. The molecular formula is C11H13BrO2. The molecule has 3 heteroatoms. The monoisotopic (exact) mass is 256 g/mol. The first kappa shape index (κ1) is 11.2. The summed E-state index contributed by atoms with van der Waals surface area (Å²) in [4.78, 5) is 11.1. The second kappa shape index (κ2) is 5.15. The van der Waals surface area contributed by atoms with Crippen molar-refractivity contribution in [3.63, 3.8) is 0 Å². The molecule has 0 aliphatic heterocycles. The van der Waals surface area contributed by atoms with Crippen molar-refractivity contribution < 1.29 is 9.53 Å². The van der Waals surface area contributed by atoms with Gasteiger partial charge in [0, 0.05) is 0 Å². The third-order valence-electron chi connectivity index (χ3n) is 1.96. The van der Waals surface area contributed by atoms with Gasteiger partial charge in [0.25, 0.3) is 0 Å². The van der Waals surface area contributed by atoms with Crippen LogP contribution in [0.4, 0.5) is 0 Å². The van der Waals surface area contributed by atoms with Crippen molar-refractivity contribution in [2.24, 2.45) is 0 Å². The lowest BCUT2D eigenvalue weighted by Crippen LogP contribution is -2.11. The van der Waals surface area contributed by atoms with Crippen molar-refractivity contribution in [2.75, 3.05) is 6.61 Å². The molecule has 1 atom stereocenters. The topological polar surface area (TPSA) is 26.3 Å². The van der Waals surface area contributed by atoms with Crippen LogP contribution in [-0.2, 0) is 9.53 Å². The number of ether oxygens (including phenoxy) is 1. The van der Waals surface area contributed by atoms with Crippen LogP contribution in [0.2, 0.25) is 0 Å². The Morgan fingerprint density at radius 1 is 1.50 bits per heavy atom. The fourth-order valence-electron chi connectivity index (χ4n) is 1.21. The van der Waals surface area contributed by atoms with Crippen LogP contribution >= 0.6 is 15.9 Å². The van der Waals surface area contributed by atoms with E-state index >= 15 is 0 Å². The molecule has 0 N–H and O–H groups in total. The zero-order valence-corrected chi connectivity index (χ0v) is 9.87. The lowest BCUT2D eigenvalue weighted by atomic mass is 10.1. The van der Waals surface area contributed by atoms with Crippen LogP contribution in [0.25, 0.3) is 0 Å². The molecule has 0 amide bonds. The Morgan fingerprint density at radius 2 is 2.14 bits per heavy atom. The number of rotatable bonds is 3. The number of hydrogen-bond donors (Lipinski definition) is 0. The zero-order valence-electron chi connectivity index (χ0n) is 8.29. The molecule has 0 aliphatic rings. The third kappa shape index (κ3) is 2.58. The SMILES string of the molecule is CCOC(=O)[C@H](Br)c1ccccc1C. The molecule has 0 fully saturated rings. The van der Waals surface area contributed by atoms with Gasteiger partial charge in [0.15, 0.2) is 0 Å². The van der Waals surface area contributed by atoms with E-state index in [2.05, 4.69) is 15.9 Å². The predicted molar refractivity (Wildman–Crippen MR) is 59.5 cm³/mol. The Hall–Kier alpha value is -0.830. The third-order valence-corrected chi connectivity index (χ3v) is 2.82. The van der Waals surface area contributed by atoms with Gasteiger partial charge in [-0.2, -0.15) is 0 Å². The maximum atomic E-state index is 11.4. The highest BCUT2D eigenvalue weighted by Gasteiger charge is 2.19. The zero-order chi connectivity index (χ0) is 10.6. The highest BCUT2D eigenvalue weighted by Crippen LogP contribution is 2.26. The normalized spacial score (nSPS) is 12.2. The van der Waals surface area contributed by atoms with Gasteiger partial charge in [0.1, 0.15) is 4.83 Å². The molecule has 0 unspecified atom stereocenters. The van der Waals surface area contributed by atoms with Gasteiger partial charge in [-0.3, -0.25) is 4.79 Å². The fourth-order valence-corrected chi connectivity index (χ4v) is 1.86. The van der Waals surface area contributed by atoms with Gasteiger partial charge < -0.3 is 4.74 Å². The first-order chi connectivity index (χ1) is 6.66. The van der Waals surface area contributed by atoms with Gasteiger partial charge in [-0.1, -0.05) is 40.2 Å². The summed E-state index contributed by atoms with van der Waals surface area (Å²) in [5.74, 6) is -0.234. The van der Waals surface area contributed by atoms with E-state index in [4.69, 9.17) is 4.74 Å². The van der Waals surface area contributed by atoms with Crippen molar-refractivity contribution in [1.82, 2.24) is 0 Å². The molecule has 0 bridgehead atoms. The van der Waals surface area contributed by atoms with Crippen LogP contribution in [0, 0.1) is 6.92 Å². The first-order valence-electron chi connectivity index (χ1n) is 4.53. The number of aryl methyl sites for hydroxylation is 1. The maximum Gasteiger partial charge on any atom is 0.324 e. The summed E-state index contributed by atoms with van der Waals surface area (Å²) in [7, 11) is 0. The highest BCUT2D eigenvalue weighted by atomic mass is 79.9. The molecular weight excluding hydrogens is 244 g/mol. The van der Waals surface area contributed by atoms with E-state index in [0.29, 0.717) is 6.61 Å². The number of carbonyl (C=O) groups is 1. The van der Waals surface area contributed by atoms with Crippen molar-refractivity contribution in [3.05, 3.63) is 35.4 Å². The summed E-state index contributed by atoms with van der Waals surface area (Å²) in [6.07, 6.45) is 0. The van der Waals surface area contributed by atoms with Crippen molar-refractivity contribution >= 4 is 21.9 Å². The minimum Gasteiger partial charge on any atom is -0.465 e. The summed E-state index contributed by atoms with van der Waals surface area (Å²) in [5, 5.41) is 0. The second-order valence-corrected chi connectivity index (χ2v) is 3.89. The van der Waals surface area contributed by atoms with Crippen LogP contribution in [0.3, 0.4) is 0 Å². The average Bonchev–Trinajstić information content (AvgIpc) is 2.18.